The summed E-state index contributed by atoms with van der Waals surface area (Å²) in [5.41, 5.74) is -0.537. The van der Waals surface area contributed by atoms with Crippen LogP contribution in [-0.4, -0.2) is 93.4 Å². The number of aromatic nitrogens is 2. The molecule has 0 aliphatic rings. The molecule has 0 saturated heterocycles. The number of hydrogen-bond donors (Lipinski definition) is 2. The van der Waals surface area contributed by atoms with Gasteiger partial charge in [-0.25, -0.2) is 9.59 Å². The molecule has 306 valence electrons. The van der Waals surface area contributed by atoms with E-state index in [9.17, 15) is 27.6 Å². The molecule has 0 fully saturated rings. The number of rotatable bonds is 14. The molecule has 0 bridgehead atoms. The second-order valence-electron chi connectivity index (χ2n) is 14.8. The molecule has 0 spiro atoms. The van der Waals surface area contributed by atoms with Gasteiger partial charge in [0.05, 0.1) is 13.2 Å². The Morgan fingerprint density at radius 2 is 1.00 bits per heavy atom. The number of nitrogens with zero attached hydrogens (tertiary/aromatic N) is 5. The van der Waals surface area contributed by atoms with Crippen molar-refractivity contribution in [1.29, 1.82) is 10.8 Å². The summed E-state index contributed by atoms with van der Waals surface area (Å²) >= 11 is 0. The van der Waals surface area contributed by atoms with Crippen molar-refractivity contribution < 1.29 is 46.5 Å². The van der Waals surface area contributed by atoms with E-state index in [-0.39, 0.29) is 30.4 Å². The highest BCUT2D eigenvalue weighted by molar-refractivity contribution is 6.05. The minimum atomic E-state index is -5.12. The molecule has 3 aromatic rings. The highest BCUT2D eigenvalue weighted by atomic mass is 19.4. The number of carbonyl (C=O) groups is 3. The van der Waals surface area contributed by atoms with Gasteiger partial charge in [0, 0.05) is 50.7 Å². The minimum Gasteiger partial charge on any atom is -0.494 e. The SMILES string of the molecule is CN(C(=N)c1ccc(OCCCCn2ccn(CCCCOc3ccc(C(=N)N(C)C(=O)OC(C)(C)C)cc3)c2=NC(=O)C(F)(F)F)cc1)C(=O)OC(C)(C)C. The summed E-state index contributed by atoms with van der Waals surface area (Å²) in [6.07, 6.45) is -1.11. The van der Waals surface area contributed by atoms with E-state index in [1.165, 1.54) is 23.2 Å². The van der Waals surface area contributed by atoms with Gasteiger partial charge in [-0.2, -0.15) is 18.2 Å². The summed E-state index contributed by atoms with van der Waals surface area (Å²) in [4.78, 5) is 42.1. The topological polar surface area (TPSA) is 165 Å². The van der Waals surface area contributed by atoms with E-state index in [1.807, 2.05) is 0 Å². The van der Waals surface area contributed by atoms with Crippen LogP contribution in [0.15, 0.2) is 65.9 Å². The molecule has 1 heterocycles. The van der Waals surface area contributed by atoms with Crippen LogP contribution < -0.4 is 15.1 Å². The largest absolute Gasteiger partial charge is 0.494 e. The van der Waals surface area contributed by atoms with E-state index in [4.69, 9.17) is 29.8 Å². The fourth-order valence-corrected chi connectivity index (χ4v) is 4.89. The Morgan fingerprint density at radius 3 is 1.32 bits per heavy atom. The Balaban J connectivity index is 1.50. The van der Waals surface area contributed by atoms with Crippen molar-refractivity contribution in [1.82, 2.24) is 18.9 Å². The zero-order chi connectivity index (χ0) is 41.8. The Hall–Kier alpha value is -5.61. The average Bonchev–Trinajstić information content (AvgIpc) is 3.49. The number of hydrogen-bond acceptors (Lipinski definition) is 9. The fourth-order valence-electron chi connectivity index (χ4n) is 4.89. The average molecular weight is 788 g/mol. The Bertz CT molecular complexity index is 1770. The van der Waals surface area contributed by atoms with Crippen LogP contribution in [0.25, 0.3) is 0 Å². The summed E-state index contributed by atoms with van der Waals surface area (Å²) < 4.78 is 64.7. The van der Waals surface area contributed by atoms with Gasteiger partial charge in [0.1, 0.15) is 34.4 Å². The Labute approximate surface area is 324 Å². The van der Waals surface area contributed by atoms with Crippen LogP contribution in [0.2, 0.25) is 0 Å². The number of unbranched alkanes of at least 4 members (excludes halogenated alkanes) is 2. The second-order valence-corrected chi connectivity index (χ2v) is 14.8. The summed E-state index contributed by atoms with van der Waals surface area (Å²) in [5, 5.41) is 16.6. The van der Waals surface area contributed by atoms with Gasteiger partial charge in [0.2, 0.25) is 5.62 Å². The van der Waals surface area contributed by atoms with Gasteiger partial charge in [-0.05, 0) is 116 Å². The molecule has 3 amide bonds. The number of amides is 3. The van der Waals surface area contributed by atoms with E-state index in [1.54, 1.807) is 102 Å². The fraction of sp³-hybridized carbons (Fsp3) is 0.487. The quantitative estimate of drug-likeness (QED) is 0.0978. The number of alkyl halides is 3. The summed E-state index contributed by atoms with van der Waals surface area (Å²) in [6, 6.07) is 13.3. The van der Waals surface area contributed by atoms with Crippen molar-refractivity contribution >= 4 is 29.8 Å². The maximum atomic E-state index is 13.2. The number of benzene rings is 2. The lowest BCUT2D eigenvalue weighted by Gasteiger charge is -2.25. The molecule has 56 heavy (non-hydrogen) atoms. The third-order valence-corrected chi connectivity index (χ3v) is 7.77. The maximum absolute atomic E-state index is 13.2. The predicted octanol–water partition coefficient (Wildman–Crippen LogP) is 7.38. The molecule has 17 heteroatoms. The minimum absolute atomic E-state index is 0.0402. The first-order valence-corrected chi connectivity index (χ1v) is 18.0. The van der Waals surface area contributed by atoms with E-state index < -0.39 is 35.5 Å². The molecule has 14 nitrogen and oxygen atoms in total. The van der Waals surface area contributed by atoms with Gasteiger partial charge in [0.25, 0.3) is 0 Å². The molecule has 0 aliphatic heterocycles. The number of nitrogens with one attached hydrogen (secondary N) is 2. The Morgan fingerprint density at radius 1 is 0.643 bits per heavy atom. The molecular formula is C39H52F3N7O7. The zero-order valence-corrected chi connectivity index (χ0v) is 33.2. The monoisotopic (exact) mass is 787 g/mol. The molecule has 0 radical (unpaired) electrons. The second kappa shape index (κ2) is 19.3. The van der Waals surface area contributed by atoms with Crippen LogP contribution in [0.1, 0.15) is 78.4 Å². The van der Waals surface area contributed by atoms with Crippen LogP contribution in [0.5, 0.6) is 11.5 Å². The van der Waals surface area contributed by atoms with Crippen LogP contribution in [0.3, 0.4) is 0 Å². The van der Waals surface area contributed by atoms with Crippen LogP contribution in [0.4, 0.5) is 22.8 Å². The van der Waals surface area contributed by atoms with Gasteiger partial charge >= 0.3 is 24.3 Å². The first kappa shape index (κ1) is 44.8. The Kier molecular flexibility index (Phi) is 15.4. The van der Waals surface area contributed by atoms with Gasteiger partial charge in [0.15, 0.2) is 0 Å². The number of amidine groups is 2. The van der Waals surface area contributed by atoms with Crippen LogP contribution >= 0.6 is 0 Å². The predicted molar refractivity (Wildman–Crippen MR) is 203 cm³/mol. The van der Waals surface area contributed by atoms with Gasteiger partial charge < -0.3 is 28.1 Å². The lowest BCUT2D eigenvalue weighted by atomic mass is 10.2. The van der Waals surface area contributed by atoms with Gasteiger partial charge in [-0.15, -0.1) is 0 Å². The highest BCUT2D eigenvalue weighted by Crippen LogP contribution is 2.19. The third kappa shape index (κ3) is 14.2. The number of carbonyl (C=O) groups excluding carboxylic acids is 3. The van der Waals surface area contributed by atoms with Gasteiger partial charge in [-0.3, -0.25) is 25.4 Å². The molecule has 0 unspecified atom stereocenters. The van der Waals surface area contributed by atoms with Crippen molar-refractivity contribution in [2.24, 2.45) is 4.99 Å². The smallest absolute Gasteiger partial charge is 0.473 e. The molecule has 0 saturated carbocycles. The van der Waals surface area contributed by atoms with E-state index in [0.29, 0.717) is 61.5 Å². The van der Waals surface area contributed by atoms with Crippen LogP contribution in [0, 0.1) is 10.8 Å². The van der Waals surface area contributed by atoms with Crippen molar-refractivity contribution in [2.75, 3.05) is 27.3 Å². The molecule has 0 aliphatic carbocycles. The van der Waals surface area contributed by atoms with E-state index in [2.05, 4.69) is 4.99 Å². The molecule has 2 N–H and O–H groups in total. The van der Waals surface area contributed by atoms with Crippen molar-refractivity contribution in [3.8, 4) is 11.5 Å². The number of aryl methyl sites for hydroxylation is 2. The summed E-state index contributed by atoms with van der Waals surface area (Å²) in [5.74, 6) is -1.20. The molecule has 3 rings (SSSR count). The highest BCUT2D eigenvalue weighted by Gasteiger charge is 2.39. The van der Waals surface area contributed by atoms with E-state index in [0.717, 1.165) is 9.80 Å². The maximum Gasteiger partial charge on any atom is 0.473 e. The number of halogens is 3. The van der Waals surface area contributed by atoms with Crippen molar-refractivity contribution in [2.45, 2.75) is 97.7 Å². The van der Waals surface area contributed by atoms with E-state index >= 15 is 0 Å². The zero-order valence-electron chi connectivity index (χ0n) is 33.2. The molecule has 2 aromatic carbocycles. The van der Waals surface area contributed by atoms with Crippen LogP contribution in [-0.2, 0) is 27.4 Å². The molecular weight excluding hydrogens is 735 g/mol. The summed E-state index contributed by atoms with van der Waals surface area (Å²) in [6.45, 7) is 11.6. The number of ether oxygens (including phenoxy) is 4. The van der Waals surface area contributed by atoms with Gasteiger partial charge in [-0.1, -0.05) is 0 Å². The lowest BCUT2D eigenvalue weighted by Crippen LogP contribution is -2.38. The summed E-state index contributed by atoms with van der Waals surface area (Å²) in [7, 11) is 2.91. The lowest BCUT2D eigenvalue weighted by molar-refractivity contribution is -0.169. The molecule has 1 aromatic heterocycles. The first-order chi connectivity index (χ1) is 26.1. The first-order valence-electron chi connectivity index (χ1n) is 18.0. The molecule has 0 atom stereocenters. The van der Waals surface area contributed by atoms with Crippen molar-refractivity contribution in [3.63, 3.8) is 0 Å². The third-order valence-electron chi connectivity index (χ3n) is 7.77. The number of imidazole rings is 1. The van der Waals surface area contributed by atoms with Crippen molar-refractivity contribution in [3.05, 3.63) is 77.7 Å². The standard InChI is InChI=1S/C39H52F3N7O7/c1-37(2,3)55-35(51)46(7)31(43)27-13-17-29(18-14-27)53-25-11-9-21-48-23-24-49(34(48)45-33(50)39(40,41)42)22-10-12-26-54-30-19-15-28(16-20-30)32(44)47(8)36(52)56-38(4,5)6/h13-20,23-24,43-44H,9-12,21-22,25-26H2,1-8H3. The normalized spacial score (nSPS) is 11.7.